The lowest BCUT2D eigenvalue weighted by atomic mass is 9.90. The smallest absolute Gasteiger partial charge is 0.306 e. The Balaban J connectivity index is 2.11. The molecule has 1 aliphatic heterocycles. The summed E-state index contributed by atoms with van der Waals surface area (Å²) in [7, 11) is 0. The van der Waals surface area contributed by atoms with Gasteiger partial charge >= 0.3 is 5.97 Å². The SMILES string of the molecule is CC(C)CN1C(=O)C(CC(=O)O)OC(c2cccc(Cl)c2)C1c1ccc(Cl)cc1. The zero-order chi connectivity index (χ0) is 21.1. The monoisotopic (exact) mass is 435 g/mol. The maximum Gasteiger partial charge on any atom is 0.306 e. The summed E-state index contributed by atoms with van der Waals surface area (Å²) in [5.41, 5.74) is 1.65. The number of carboxylic acids is 1. The van der Waals surface area contributed by atoms with E-state index in [4.69, 9.17) is 27.9 Å². The van der Waals surface area contributed by atoms with Crippen LogP contribution in [0.5, 0.6) is 0 Å². The first-order valence-electron chi connectivity index (χ1n) is 9.45. The molecule has 154 valence electrons. The Labute approximate surface area is 180 Å². The molecule has 0 aliphatic carbocycles. The van der Waals surface area contributed by atoms with E-state index in [0.717, 1.165) is 11.1 Å². The zero-order valence-electron chi connectivity index (χ0n) is 16.2. The first-order chi connectivity index (χ1) is 13.8. The molecule has 3 rings (SSSR count). The Morgan fingerprint density at radius 1 is 1.10 bits per heavy atom. The van der Waals surface area contributed by atoms with E-state index >= 15 is 0 Å². The Kier molecular flexibility index (Phi) is 6.83. The predicted molar refractivity (Wildman–Crippen MR) is 112 cm³/mol. The predicted octanol–water partition coefficient (Wildman–Crippen LogP) is 5.13. The topological polar surface area (TPSA) is 66.8 Å². The van der Waals surface area contributed by atoms with Crippen molar-refractivity contribution in [3.63, 3.8) is 0 Å². The van der Waals surface area contributed by atoms with Crippen LogP contribution in [-0.2, 0) is 14.3 Å². The maximum absolute atomic E-state index is 13.2. The van der Waals surface area contributed by atoms with Gasteiger partial charge in [0, 0.05) is 16.6 Å². The number of carbonyl (C=O) groups excluding carboxylic acids is 1. The highest BCUT2D eigenvalue weighted by atomic mass is 35.5. The van der Waals surface area contributed by atoms with Crippen molar-refractivity contribution in [2.75, 3.05) is 6.54 Å². The van der Waals surface area contributed by atoms with Gasteiger partial charge in [0.25, 0.3) is 5.91 Å². The van der Waals surface area contributed by atoms with Crippen molar-refractivity contribution >= 4 is 35.1 Å². The van der Waals surface area contributed by atoms with Crippen molar-refractivity contribution in [1.82, 2.24) is 4.90 Å². The lowest BCUT2D eigenvalue weighted by molar-refractivity contribution is -0.179. The van der Waals surface area contributed by atoms with E-state index in [9.17, 15) is 14.7 Å². The van der Waals surface area contributed by atoms with Crippen molar-refractivity contribution in [1.29, 1.82) is 0 Å². The number of morpholine rings is 1. The molecule has 2 aromatic rings. The number of ether oxygens (including phenoxy) is 1. The number of aliphatic carboxylic acids is 1. The minimum absolute atomic E-state index is 0.192. The van der Waals surface area contributed by atoms with Crippen LogP contribution in [0.3, 0.4) is 0 Å². The van der Waals surface area contributed by atoms with Gasteiger partial charge in [-0.05, 0) is 41.3 Å². The van der Waals surface area contributed by atoms with Gasteiger partial charge in [0.2, 0.25) is 0 Å². The second kappa shape index (κ2) is 9.16. The van der Waals surface area contributed by atoms with Crippen molar-refractivity contribution in [3.05, 3.63) is 69.7 Å². The molecule has 3 atom stereocenters. The van der Waals surface area contributed by atoms with E-state index in [-0.39, 0.29) is 11.8 Å². The Morgan fingerprint density at radius 3 is 2.38 bits per heavy atom. The molecular weight excluding hydrogens is 413 g/mol. The molecule has 3 unspecified atom stereocenters. The fourth-order valence-corrected chi connectivity index (χ4v) is 3.97. The molecular formula is C22H23Cl2NO4. The van der Waals surface area contributed by atoms with Crippen LogP contribution in [0.25, 0.3) is 0 Å². The molecule has 1 fully saturated rings. The third-order valence-electron chi connectivity index (χ3n) is 4.80. The van der Waals surface area contributed by atoms with Crippen molar-refractivity contribution in [2.24, 2.45) is 5.92 Å². The average Bonchev–Trinajstić information content (AvgIpc) is 2.65. The summed E-state index contributed by atoms with van der Waals surface area (Å²) >= 11 is 12.3. The molecule has 0 radical (unpaired) electrons. The summed E-state index contributed by atoms with van der Waals surface area (Å²) in [4.78, 5) is 26.3. The second-order valence-corrected chi connectivity index (χ2v) is 8.45. The summed E-state index contributed by atoms with van der Waals surface area (Å²) in [6.07, 6.45) is -2.01. The third-order valence-corrected chi connectivity index (χ3v) is 5.29. The molecule has 1 amide bonds. The van der Waals surface area contributed by atoms with Gasteiger partial charge in [0.15, 0.2) is 0 Å². The Bertz CT molecular complexity index is 885. The van der Waals surface area contributed by atoms with Gasteiger partial charge in [-0.2, -0.15) is 0 Å². The maximum atomic E-state index is 13.2. The number of rotatable bonds is 6. The molecule has 0 bridgehead atoms. The molecule has 1 aliphatic rings. The van der Waals surface area contributed by atoms with Crippen LogP contribution >= 0.6 is 23.2 Å². The minimum atomic E-state index is -1.08. The summed E-state index contributed by atoms with van der Waals surface area (Å²) in [6, 6.07) is 14.1. The average molecular weight is 436 g/mol. The normalized spacial score (nSPS) is 22.2. The van der Waals surface area contributed by atoms with Crippen LogP contribution in [0.1, 0.15) is 43.5 Å². The standard InChI is InChI=1S/C22H23Cl2NO4/c1-13(2)12-25-20(14-6-8-16(23)9-7-14)21(15-4-3-5-17(24)10-15)29-18(22(25)28)11-19(26)27/h3-10,13,18,20-21H,11-12H2,1-2H3,(H,26,27). The van der Waals surface area contributed by atoms with Crippen LogP contribution < -0.4 is 0 Å². The van der Waals surface area contributed by atoms with E-state index in [2.05, 4.69) is 0 Å². The number of benzene rings is 2. The lowest BCUT2D eigenvalue weighted by Gasteiger charge is -2.45. The second-order valence-electron chi connectivity index (χ2n) is 7.58. The molecule has 29 heavy (non-hydrogen) atoms. The van der Waals surface area contributed by atoms with Crippen molar-refractivity contribution < 1.29 is 19.4 Å². The van der Waals surface area contributed by atoms with E-state index in [1.807, 2.05) is 38.1 Å². The van der Waals surface area contributed by atoms with Crippen LogP contribution in [-0.4, -0.2) is 34.5 Å². The third kappa shape index (κ3) is 5.10. The van der Waals surface area contributed by atoms with Gasteiger partial charge in [0.05, 0.1) is 12.5 Å². The highest BCUT2D eigenvalue weighted by molar-refractivity contribution is 6.30. The van der Waals surface area contributed by atoms with E-state index < -0.39 is 30.6 Å². The molecule has 2 aromatic carbocycles. The Morgan fingerprint density at radius 2 is 1.79 bits per heavy atom. The summed E-state index contributed by atoms with van der Waals surface area (Å²) in [6.45, 7) is 4.51. The highest BCUT2D eigenvalue weighted by Gasteiger charge is 2.44. The van der Waals surface area contributed by atoms with E-state index in [0.29, 0.717) is 16.6 Å². The number of hydrogen-bond acceptors (Lipinski definition) is 3. The number of halogens is 2. The molecule has 7 heteroatoms. The number of carboxylic acid groups (broad SMARTS) is 1. The molecule has 5 nitrogen and oxygen atoms in total. The van der Waals surface area contributed by atoms with Gasteiger partial charge in [-0.1, -0.05) is 61.3 Å². The van der Waals surface area contributed by atoms with Gasteiger partial charge < -0.3 is 14.7 Å². The van der Waals surface area contributed by atoms with Crippen LogP contribution in [0.4, 0.5) is 0 Å². The quantitative estimate of drug-likeness (QED) is 0.682. The fourth-order valence-electron chi connectivity index (χ4n) is 3.65. The van der Waals surface area contributed by atoms with Gasteiger partial charge in [-0.3, -0.25) is 9.59 Å². The van der Waals surface area contributed by atoms with Crippen LogP contribution in [0.15, 0.2) is 48.5 Å². The number of hydrogen-bond donors (Lipinski definition) is 1. The van der Waals surface area contributed by atoms with Crippen LogP contribution in [0, 0.1) is 5.92 Å². The molecule has 0 aromatic heterocycles. The summed E-state index contributed by atoms with van der Waals surface area (Å²) < 4.78 is 6.10. The van der Waals surface area contributed by atoms with Gasteiger partial charge in [0.1, 0.15) is 12.2 Å². The summed E-state index contributed by atoms with van der Waals surface area (Å²) in [5.74, 6) is -1.21. The molecule has 0 saturated carbocycles. The van der Waals surface area contributed by atoms with Gasteiger partial charge in [-0.25, -0.2) is 0 Å². The van der Waals surface area contributed by atoms with Crippen molar-refractivity contribution in [2.45, 2.75) is 38.5 Å². The molecule has 1 heterocycles. The van der Waals surface area contributed by atoms with E-state index in [1.54, 1.807) is 29.2 Å². The molecule has 0 spiro atoms. The fraction of sp³-hybridized carbons (Fsp3) is 0.364. The zero-order valence-corrected chi connectivity index (χ0v) is 17.7. The van der Waals surface area contributed by atoms with Crippen molar-refractivity contribution in [3.8, 4) is 0 Å². The van der Waals surface area contributed by atoms with Crippen LogP contribution in [0.2, 0.25) is 10.0 Å². The minimum Gasteiger partial charge on any atom is -0.481 e. The first kappa shape index (κ1) is 21.6. The van der Waals surface area contributed by atoms with E-state index in [1.165, 1.54) is 0 Å². The Hall–Kier alpha value is -2.08. The highest BCUT2D eigenvalue weighted by Crippen LogP contribution is 2.43. The number of amides is 1. The number of nitrogens with zero attached hydrogens (tertiary/aromatic N) is 1. The molecule has 1 saturated heterocycles. The molecule has 1 N–H and O–H groups in total. The lowest BCUT2D eigenvalue weighted by Crippen LogP contribution is -2.52. The first-order valence-corrected chi connectivity index (χ1v) is 10.2. The largest absolute Gasteiger partial charge is 0.481 e. The summed E-state index contributed by atoms with van der Waals surface area (Å²) in [5, 5.41) is 10.4. The van der Waals surface area contributed by atoms with Gasteiger partial charge in [-0.15, -0.1) is 0 Å². The number of carbonyl (C=O) groups is 2.